The quantitative estimate of drug-likeness (QED) is 0.728. The molecule has 0 spiro atoms. The van der Waals surface area contributed by atoms with E-state index in [4.69, 9.17) is 0 Å². The molecule has 1 atom stereocenters. The Morgan fingerprint density at radius 2 is 1.86 bits per heavy atom. The Bertz CT molecular complexity index is 841. The number of carbonyl (C=O) groups excluding carboxylic acids is 2. The average Bonchev–Trinajstić information content (AvgIpc) is 2.76. The standard InChI is InChI=1S/C23H31N3O3/c1-17(20-10-6-8-18-7-4-5-9-21(18)20)26-13-11-19(12-14-26)25(2)16-22(27)24-15-23(28)29-3/h4-10,17,19H,11-16H2,1-3H3,(H,24,27). The molecule has 2 aromatic rings. The highest BCUT2D eigenvalue weighted by molar-refractivity contribution is 5.86. The maximum absolute atomic E-state index is 12.0. The number of nitrogens with one attached hydrogen (secondary N) is 1. The summed E-state index contributed by atoms with van der Waals surface area (Å²) >= 11 is 0. The van der Waals surface area contributed by atoms with E-state index in [-0.39, 0.29) is 12.5 Å². The third-order valence-corrected chi connectivity index (χ3v) is 5.99. The van der Waals surface area contributed by atoms with Gasteiger partial charge in [-0.2, -0.15) is 0 Å². The molecular weight excluding hydrogens is 366 g/mol. The summed E-state index contributed by atoms with van der Waals surface area (Å²) in [5.74, 6) is -0.582. The molecule has 156 valence electrons. The van der Waals surface area contributed by atoms with E-state index in [1.165, 1.54) is 23.4 Å². The second-order valence-electron chi connectivity index (χ2n) is 7.78. The van der Waals surface area contributed by atoms with Crippen LogP contribution < -0.4 is 5.32 Å². The number of likely N-dealkylation sites (N-methyl/N-ethyl adjacent to an activating group) is 1. The van der Waals surface area contributed by atoms with Crippen molar-refractivity contribution < 1.29 is 14.3 Å². The Hall–Kier alpha value is -2.44. The van der Waals surface area contributed by atoms with Crippen molar-refractivity contribution in [2.45, 2.75) is 31.8 Å². The Balaban J connectivity index is 1.53. The number of ether oxygens (including phenoxy) is 1. The summed E-state index contributed by atoms with van der Waals surface area (Å²) in [6, 6.07) is 15.8. The van der Waals surface area contributed by atoms with Gasteiger partial charge >= 0.3 is 5.97 Å². The molecule has 6 nitrogen and oxygen atoms in total. The molecule has 1 heterocycles. The van der Waals surface area contributed by atoms with E-state index in [0.29, 0.717) is 18.6 Å². The van der Waals surface area contributed by atoms with Crippen molar-refractivity contribution in [1.82, 2.24) is 15.1 Å². The third-order valence-electron chi connectivity index (χ3n) is 5.99. The maximum atomic E-state index is 12.0. The second-order valence-corrected chi connectivity index (χ2v) is 7.78. The summed E-state index contributed by atoms with van der Waals surface area (Å²) in [6.07, 6.45) is 2.05. The number of hydrogen-bond donors (Lipinski definition) is 1. The molecule has 1 N–H and O–H groups in total. The van der Waals surface area contributed by atoms with Crippen LogP contribution in [0.4, 0.5) is 0 Å². The number of nitrogens with zero attached hydrogens (tertiary/aromatic N) is 2. The van der Waals surface area contributed by atoms with Crippen LogP contribution in [0.15, 0.2) is 42.5 Å². The first-order valence-corrected chi connectivity index (χ1v) is 10.2. The molecule has 1 unspecified atom stereocenters. The monoisotopic (exact) mass is 397 g/mol. The zero-order valence-electron chi connectivity index (χ0n) is 17.6. The largest absolute Gasteiger partial charge is 0.468 e. The van der Waals surface area contributed by atoms with Gasteiger partial charge in [-0.15, -0.1) is 0 Å². The summed E-state index contributed by atoms with van der Waals surface area (Å²) in [5.41, 5.74) is 1.37. The van der Waals surface area contributed by atoms with Crippen LogP contribution in [0.5, 0.6) is 0 Å². The number of fused-ring (bicyclic) bond motifs is 1. The van der Waals surface area contributed by atoms with E-state index in [2.05, 4.69) is 69.2 Å². The maximum Gasteiger partial charge on any atom is 0.325 e. The van der Waals surface area contributed by atoms with Gasteiger partial charge in [-0.05, 0) is 43.1 Å². The minimum Gasteiger partial charge on any atom is -0.468 e. The molecule has 2 aromatic carbocycles. The Morgan fingerprint density at radius 3 is 2.59 bits per heavy atom. The number of rotatable bonds is 7. The number of amides is 1. The minimum absolute atomic E-state index is 0.0792. The van der Waals surface area contributed by atoms with E-state index < -0.39 is 5.97 Å². The number of esters is 1. The summed E-state index contributed by atoms with van der Waals surface area (Å²) < 4.78 is 4.55. The summed E-state index contributed by atoms with van der Waals surface area (Å²) in [6.45, 7) is 4.50. The fourth-order valence-electron chi connectivity index (χ4n) is 4.18. The number of carbonyl (C=O) groups is 2. The molecule has 1 fully saturated rings. The highest BCUT2D eigenvalue weighted by atomic mass is 16.5. The zero-order valence-corrected chi connectivity index (χ0v) is 17.6. The zero-order chi connectivity index (χ0) is 20.8. The van der Waals surface area contributed by atoms with E-state index in [1.807, 2.05) is 7.05 Å². The van der Waals surface area contributed by atoms with Crippen LogP contribution in [-0.4, -0.2) is 68.1 Å². The topological polar surface area (TPSA) is 61.9 Å². The second kappa shape index (κ2) is 9.85. The van der Waals surface area contributed by atoms with Crippen molar-refractivity contribution in [3.05, 3.63) is 48.0 Å². The van der Waals surface area contributed by atoms with E-state index in [0.717, 1.165) is 25.9 Å². The van der Waals surface area contributed by atoms with Crippen LogP contribution in [0.1, 0.15) is 31.4 Å². The third kappa shape index (κ3) is 5.34. The molecule has 3 rings (SSSR count). The van der Waals surface area contributed by atoms with Gasteiger partial charge in [0.05, 0.1) is 13.7 Å². The molecule has 1 saturated heterocycles. The van der Waals surface area contributed by atoms with E-state index in [9.17, 15) is 9.59 Å². The Morgan fingerprint density at radius 1 is 1.17 bits per heavy atom. The molecular formula is C23H31N3O3. The van der Waals surface area contributed by atoms with Crippen LogP contribution in [0.3, 0.4) is 0 Å². The molecule has 1 aliphatic rings. The van der Waals surface area contributed by atoms with Crippen LogP contribution in [0.25, 0.3) is 10.8 Å². The fourth-order valence-corrected chi connectivity index (χ4v) is 4.18. The van der Waals surface area contributed by atoms with Crippen molar-refractivity contribution in [3.8, 4) is 0 Å². The minimum atomic E-state index is -0.434. The van der Waals surface area contributed by atoms with Crippen molar-refractivity contribution in [1.29, 1.82) is 0 Å². The first-order valence-electron chi connectivity index (χ1n) is 10.2. The number of benzene rings is 2. The number of piperidine rings is 1. The average molecular weight is 398 g/mol. The number of likely N-dealkylation sites (tertiary alicyclic amines) is 1. The van der Waals surface area contributed by atoms with Gasteiger partial charge < -0.3 is 10.1 Å². The van der Waals surface area contributed by atoms with Gasteiger partial charge in [-0.25, -0.2) is 0 Å². The first-order chi connectivity index (χ1) is 14.0. The van der Waals surface area contributed by atoms with E-state index >= 15 is 0 Å². The smallest absolute Gasteiger partial charge is 0.325 e. The highest BCUT2D eigenvalue weighted by Gasteiger charge is 2.27. The lowest BCUT2D eigenvalue weighted by atomic mass is 9.96. The lowest BCUT2D eigenvalue weighted by Crippen LogP contribution is -2.47. The summed E-state index contributed by atoms with van der Waals surface area (Å²) in [4.78, 5) is 27.8. The van der Waals surface area contributed by atoms with Crippen molar-refractivity contribution in [2.24, 2.45) is 0 Å². The molecule has 29 heavy (non-hydrogen) atoms. The van der Waals surface area contributed by atoms with Crippen molar-refractivity contribution in [2.75, 3.05) is 40.3 Å². The number of methoxy groups -OCH3 is 1. The SMILES string of the molecule is COC(=O)CNC(=O)CN(C)C1CCN(C(C)c2cccc3ccccc23)CC1. The van der Waals surface area contributed by atoms with Crippen LogP contribution in [0.2, 0.25) is 0 Å². The normalized spacial score (nSPS) is 16.7. The van der Waals surface area contributed by atoms with Gasteiger partial charge in [-0.3, -0.25) is 19.4 Å². The molecule has 1 aliphatic heterocycles. The lowest BCUT2D eigenvalue weighted by Gasteiger charge is -2.39. The molecule has 0 aromatic heterocycles. The molecule has 6 heteroatoms. The number of hydrogen-bond acceptors (Lipinski definition) is 5. The predicted molar refractivity (Wildman–Crippen MR) is 115 cm³/mol. The lowest BCUT2D eigenvalue weighted by molar-refractivity contribution is -0.141. The first kappa shape index (κ1) is 21.3. The van der Waals surface area contributed by atoms with Crippen LogP contribution >= 0.6 is 0 Å². The van der Waals surface area contributed by atoms with Crippen LogP contribution in [0, 0.1) is 0 Å². The molecule has 0 radical (unpaired) electrons. The molecule has 1 amide bonds. The van der Waals surface area contributed by atoms with Gasteiger partial charge in [0.15, 0.2) is 0 Å². The summed E-state index contributed by atoms with van der Waals surface area (Å²) in [7, 11) is 3.29. The Labute approximate surface area is 172 Å². The van der Waals surface area contributed by atoms with Crippen molar-refractivity contribution >= 4 is 22.6 Å². The predicted octanol–water partition coefficient (Wildman–Crippen LogP) is 2.59. The summed E-state index contributed by atoms with van der Waals surface area (Å²) in [5, 5.41) is 5.21. The van der Waals surface area contributed by atoms with E-state index in [1.54, 1.807) is 0 Å². The fraction of sp³-hybridized carbons (Fsp3) is 0.478. The van der Waals surface area contributed by atoms with Gasteiger partial charge in [0, 0.05) is 25.2 Å². The van der Waals surface area contributed by atoms with Crippen molar-refractivity contribution in [3.63, 3.8) is 0 Å². The van der Waals surface area contributed by atoms with Gasteiger partial charge in [0.2, 0.25) is 5.91 Å². The highest BCUT2D eigenvalue weighted by Crippen LogP contribution is 2.30. The van der Waals surface area contributed by atoms with Gasteiger partial charge in [0.1, 0.15) is 6.54 Å². The van der Waals surface area contributed by atoms with Crippen LogP contribution in [-0.2, 0) is 14.3 Å². The van der Waals surface area contributed by atoms with Gasteiger partial charge in [0.25, 0.3) is 0 Å². The van der Waals surface area contributed by atoms with Gasteiger partial charge in [-0.1, -0.05) is 42.5 Å². The molecule has 0 bridgehead atoms. The molecule has 0 aliphatic carbocycles. The Kier molecular flexibility index (Phi) is 7.23. The molecule has 0 saturated carbocycles.